The van der Waals surface area contributed by atoms with E-state index < -0.39 is 11.7 Å². The third-order valence-corrected chi connectivity index (χ3v) is 4.07. The van der Waals surface area contributed by atoms with Gasteiger partial charge in [-0.2, -0.15) is 13.2 Å². The fourth-order valence-corrected chi connectivity index (χ4v) is 2.99. The number of thiophene rings is 1. The number of benzene rings is 1. The van der Waals surface area contributed by atoms with Crippen LogP contribution in [0.3, 0.4) is 0 Å². The maximum absolute atomic E-state index is 12.7. The fraction of sp³-hybridized carbons (Fsp3) is 0.0714. The van der Waals surface area contributed by atoms with E-state index in [9.17, 15) is 13.2 Å². The van der Waals surface area contributed by atoms with Crippen molar-refractivity contribution in [3.63, 3.8) is 0 Å². The summed E-state index contributed by atoms with van der Waals surface area (Å²) < 4.78 is 38.6. The summed E-state index contributed by atoms with van der Waals surface area (Å²) in [5.41, 5.74) is 5.73. The topological polar surface area (TPSA) is 38.9 Å². The van der Waals surface area contributed by atoms with Gasteiger partial charge in [-0.1, -0.05) is 6.07 Å². The van der Waals surface area contributed by atoms with Crippen molar-refractivity contribution in [2.24, 2.45) is 0 Å². The van der Waals surface area contributed by atoms with E-state index in [0.717, 1.165) is 21.9 Å². The van der Waals surface area contributed by atoms with Crippen LogP contribution in [-0.4, -0.2) is 4.98 Å². The molecular weight excluding hydrogens is 285 g/mol. The Morgan fingerprint density at radius 1 is 1.05 bits per heavy atom. The number of halogens is 3. The quantitative estimate of drug-likeness (QED) is 0.714. The predicted octanol–water partition coefficient (Wildman–Crippen LogP) is 4.56. The van der Waals surface area contributed by atoms with Crippen molar-refractivity contribution >= 4 is 27.2 Å². The first kappa shape index (κ1) is 12.9. The second-order valence-corrected chi connectivity index (χ2v) is 5.42. The van der Waals surface area contributed by atoms with E-state index in [4.69, 9.17) is 5.73 Å². The first-order chi connectivity index (χ1) is 9.43. The summed E-state index contributed by atoms with van der Waals surface area (Å²) in [4.78, 5) is 4.85. The predicted molar refractivity (Wildman–Crippen MR) is 74.5 cm³/mol. The molecule has 0 saturated heterocycles. The van der Waals surface area contributed by atoms with Crippen molar-refractivity contribution in [2.75, 3.05) is 5.73 Å². The monoisotopic (exact) mass is 294 g/mol. The van der Waals surface area contributed by atoms with Crippen molar-refractivity contribution in [3.8, 4) is 10.4 Å². The van der Waals surface area contributed by atoms with Gasteiger partial charge in [0, 0.05) is 21.3 Å². The van der Waals surface area contributed by atoms with Crippen LogP contribution in [0.1, 0.15) is 5.56 Å². The molecule has 1 aromatic carbocycles. The number of rotatable bonds is 1. The van der Waals surface area contributed by atoms with Crippen LogP contribution in [-0.2, 0) is 6.18 Å². The third kappa shape index (κ3) is 2.34. The van der Waals surface area contributed by atoms with Gasteiger partial charge in [-0.3, -0.25) is 0 Å². The molecule has 6 heteroatoms. The Morgan fingerprint density at radius 3 is 2.50 bits per heavy atom. The van der Waals surface area contributed by atoms with Gasteiger partial charge in [0.1, 0.15) is 5.82 Å². The Morgan fingerprint density at radius 2 is 1.85 bits per heavy atom. The average molecular weight is 294 g/mol. The molecule has 2 N–H and O–H groups in total. The zero-order chi connectivity index (χ0) is 14.3. The molecule has 0 aliphatic heterocycles. The van der Waals surface area contributed by atoms with Crippen LogP contribution in [0.5, 0.6) is 0 Å². The molecule has 0 bridgehead atoms. The molecule has 3 rings (SSSR count). The highest BCUT2D eigenvalue weighted by atomic mass is 32.1. The maximum Gasteiger partial charge on any atom is 0.416 e. The number of nitrogens with zero attached hydrogens (tertiary/aromatic N) is 1. The number of hydrogen-bond acceptors (Lipinski definition) is 3. The van der Waals surface area contributed by atoms with Crippen LogP contribution < -0.4 is 5.73 Å². The lowest BCUT2D eigenvalue weighted by molar-refractivity contribution is -0.137. The number of hydrogen-bond donors (Lipinski definition) is 1. The Kier molecular flexibility index (Phi) is 2.90. The minimum absolute atomic E-state index is 0.411. The lowest BCUT2D eigenvalue weighted by Crippen LogP contribution is -2.03. The number of pyridine rings is 1. The van der Waals surface area contributed by atoms with Crippen LogP contribution in [0.4, 0.5) is 19.0 Å². The molecule has 2 heterocycles. The van der Waals surface area contributed by atoms with Crippen molar-refractivity contribution in [1.29, 1.82) is 0 Å². The van der Waals surface area contributed by atoms with Gasteiger partial charge in [0.25, 0.3) is 0 Å². The molecule has 102 valence electrons. The largest absolute Gasteiger partial charge is 0.416 e. The van der Waals surface area contributed by atoms with E-state index in [0.29, 0.717) is 10.5 Å². The van der Waals surface area contributed by atoms with Crippen LogP contribution in [0.25, 0.3) is 20.5 Å². The summed E-state index contributed by atoms with van der Waals surface area (Å²) in [6.07, 6.45) is -2.70. The molecule has 0 amide bonds. The van der Waals surface area contributed by atoms with Crippen LogP contribution in [0, 0.1) is 0 Å². The van der Waals surface area contributed by atoms with Gasteiger partial charge < -0.3 is 5.73 Å². The lowest BCUT2D eigenvalue weighted by Gasteiger charge is -2.05. The highest BCUT2D eigenvalue weighted by Crippen LogP contribution is 2.37. The third-order valence-electron chi connectivity index (χ3n) is 2.92. The summed E-state index contributed by atoms with van der Waals surface area (Å²) in [6, 6.07) is 9.09. The van der Waals surface area contributed by atoms with Gasteiger partial charge in [0.05, 0.1) is 5.56 Å². The zero-order valence-corrected chi connectivity index (χ0v) is 10.9. The van der Waals surface area contributed by atoms with Gasteiger partial charge in [0.2, 0.25) is 0 Å². The first-order valence-electron chi connectivity index (χ1n) is 5.76. The Bertz CT molecular complexity index is 760. The van der Waals surface area contributed by atoms with E-state index in [-0.39, 0.29) is 0 Å². The van der Waals surface area contributed by atoms with E-state index >= 15 is 0 Å². The number of alkyl halides is 3. The molecule has 0 atom stereocenters. The molecular formula is C14H9F3N2S. The lowest BCUT2D eigenvalue weighted by atomic mass is 10.1. The molecule has 0 radical (unpaired) electrons. The van der Waals surface area contributed by atoms with E-state index in [1.165, 1.54) is 23.5 Å². The minimum Gasteiger partial charge on any atom is -0.384 e. The SMILES string of the molecule is Nc1ccc(-c2cc3ccc(C(F)(F)F)cc3s2)cn1. The number of anilines is 1. The van der Waals surface area contributed by atoms with E-state index in [2.05, 4.69) is 4.98 Å². The van der Waals surface area contributed by atoms with Crippen molar-refractivity contribution in [2.45, 2.75) is 6.18 Å². The van der Waals surface area contributed by atoms with Crippen LogP contribution in [0.15, 0.2) is 42.6 Å². The first-order valence-corrected chi connectivity index (χ1v) is 6.58. The number of nitrogen functional groups attached to an aromatic ring is 1. The summed E-state index contributed by atoms with van der Waals surface area (Å²) in [5.74, 6) is 0.411. The highest BCUT2D eigenvalue weighted by Gasteiger charge is 2.30. The zero-order valence-electron chi connectivity index (χ0n) is 10.1. The number of nitrogens with two attached hydrogens (primary N) is 1. The fourth-order valence-electron chi connectivity index (χ4n) is 1.90. The van der Waals surface area contributed by atoms with Crippen LogP contribution >= 0.6 is 11.3 Å². The molecule has 0 fully saturated rings. The molecule has 20 heavy (non-hydrogen) atoms. The smallest absolute Gasteiger partial charge is 0.384 e. The molecule has 0 aliphatic rings. The molecule has 0 unspecified atom stereocenters. The molecule has 2 aromatic heterocycles. The Balaban J connectivity index is 2.09. The second-order valence-electron chi connectivity index (χ2n) is 4.33. The Hall–Kier alpha value is -2.08. The summed E-state index contributed by atoms with van der Waals surface area (Å²) in [6.45, 7) is 0. The second kappa shape index (κ2) is 4.49. The summed E-state index contributed by atoms with van der Waals surface area (Å²) in [7, 11) is 0. The van der Waals surface area contributed by atoms with Gasteiger partial charge in [-0.25, -0.2) is 4.98 Å². The normalized spacial score (nSPS) is 11.9. The average Bonchev–Trinajstić information content (AvgIpc) is 2.81. The molecule has 3 aromatic rings. The van der Waals surface area contributed by atoms with Gasteiger partial charge in [-0.05, 0) is 35.7 Å². The highest BCUT2D eigenvalue weighted by molar-refractivity contribution is 7.22. The molecule has 0 aliphatic carbocycles. The van der Waals surface area contributed by atoms with Gasteiger partial charge in [-0.15, -0.1) is 11.3 Å². The summed E-state index contributed by atoms with van der Waals surface area (Å²) >= 11 is 1.31. The number of aromatic nitrogens is 1. The van der Waals surface area contributed by atoms with E-state index in [1.54, 1.807) is 18.3 Å². The molecule has 0 spiro atoms. The van der Waals surface area contributed by atoms with Gasteiger partial charge >= 0.3 is 6.18 Å². The number of fused-ring (bicyclic) bond motifs is 1. The molecule has 0 saturated carbocycles. The van der Waals surface area contributed by atoms with Gasteiger partial charge in [0.15, 0.2) is 0 Å². The Labute approximate surface area is 116 Å². The molecule has 2 nitrogen and oxygen atoms in total. The van der Waals surface area contributed by atoms with Crippen molar-refractivity contribution < 1.29 is 13.2 Å². The standard InChI is InChI=1S/C14H9F3N2S/c15-14(16,17)10-3-1-8-5-11(20-12(8)6-10)9-2-4-13(18)19-7-9/h1-7H,(H2,18,19). The van der Waals surface area contributed by atoms with Crippen molar-refractivity contribution in [3.05, 3.63) is 48.2 Å². The van der Waals surface area contributed by atoms with E-state index in [1.807, 2.05) is 6.07 Å². The van der Waals surface area contributed by atoms with Crippen LogP contribution in [0.2, 0.25) is 0 Å². The summed E-state index contributed by atoms with van der Waals surface area (Å²) in [5, 5.41) is 0.787. The van der Waals surface area contributed by atoms with Crippen molar-refractivity contribution in [1.82, 2.24) is 4.98 Å². The minimum atomic E-state index is -4.32. The maximum atomic E-state index is 12.7.